The van der Waals surface area contributed by atoms with Crippen LogP contribution in [0.2, 0.25) is 0 Å². The van der Waals surface area contributed by atoms with Gasteiger partial charge in [-0.25, -0.2) is 0 Å². The van der Waals surface area contributed by atoms with Crippen LogP contribution in [-0.4, -0.2) is 13.0 Å². The number of carbonyl (C=O) groups excluding carboxylic acids is 1. The number of nitrogens with zero attached hydrogens (tertiary/aromatic N) is 1. The monoisotopic (exact) mass is 288 g/mol. The molecule has 1 rings (SSSR count). The lowest BCUT2D eigenvalue weighted by molar-refractivity contribution is 0.542. The Morgan fingerprint density at radius 1 is 0.810 bits per heavy atom. The van der Waals surface area contributed by atoms with Crippen molar-refractivity contribution in [1.82, 2.24) is 0 Å². The van der Waals surface area contributed by atoms with Gasteiger partial charge in [0.1, 0.15) is 0 Å². The smallest absolute Gasteiger partial charge is 0.304 e. The lowest BCUT2D eigenvalue weighted by Gasteiger charge is -2.15. The highest BCUT2D eigenvalue weighted by Crippen LogP contribution is 2.14. The van der Waals surface area contributed by atoms with Gasteiger partial charge in [-0.05, 0) is 18.6 Å². The van der Waals surface area contributed by atoms with Gasteiger partial charge in [0, 0.05) is 12.2 Å². The van der Waals surface area contributed by atoms with Crippen LogP contribution in [-0.2, 0) is 4.79 Å². The van der Waals surface area contributed by atoms with Crippen LogP contribution >= 0.6 is 0 Å². The summed E-state index contributed by atoms with van der Waals surface area (Å²) in [5.74, 6) is 0. The molecule has 21 heavy (non-hydrogen) atoms. The number of rotatable bonds is 13. The van der Waals surface area contributed by atoms with Crippen molar-refractivity contribution in [3.05, 3.63) is 30.3 Å². The lowest BCUT2D eigenvalue weighted by atomic mass is 10.1. The normalized spacial score (nSPS) is 10.5. The predicted molar refractivity (Wildman–Crippen MR) is 91.3 cm³/mol. The highest BCUT2D eigenvalue weighted by Gasteiger charge is 2.04. The molecular formula is C19H30NO. The maximum Gasteiger partial charge on any atom is 0.316 e. The topological polar surface area (TPSA) is 20.3 Å². The summed E-state index contributed by atoms with van der Waals surface area (Å²) >= 11 is 0. The van der Waals surface area contributed by atoms with E-state index in [-0.39, 0.29) is 0 Å². The molecule has 0 fully saturated rings. The largest absolute Gasteiger partial charge is 0.316 e. The van der Waals surface area contributed by atoms with Gasteiger partial charge >= 0.3 is 6.41 Å². The minimum atomic E-state index is 0.782. The Balaban J connectivity index is 1.99. The van der Waals surface area contributed by atoms with Crippen LogP contribution in [0.1, 0.15) is 71.1 Å². The fourth-order valence-electron chi connectivity index (χ4n) is 2.59. The van der Waals surface area contributed by atoms with E-state index in [0.717, 1.165) is 18.7 Å². The number of hydrogen-bond donors (Lipinski definition) is 0. The highest BCUT2D eigenvalue weighted by atomic mass is 16.1. The second-order valence-corrected chi connectivity index (χ2v) is 5.76. The summed E-state index contributed by atoms with van der Waals surface area (Å²) in [7, 11) is 0. The number of amides is 1. The van der Waals surface area contributed by atoms with E-state index >= 15 is 0 Å². The van der Waals surface area contributed by atoms with Crippen molar-refractivity contribution in [1.29, 1.82) is 0 Å². The van der Waals surface area contributed by atoms with Gasteiger partial charge in [0.25, 0.3) is 0 Å². The van der Waals surface area contributed by atoms with Crippen molar-refractivity contribution in [3.8, 4) is 0 Å². The highest BCUT2D eigenvalue weighted by molar-refractivity contribution is 5.75. The van der Waals surface area contributed by atoms with E-state index in [9.17, 15) is 4.79 Å². The second-order valence-electron chi connectivity index (χ2n) is 5.76. The zero-order valence-corrected chi connectivity index (χ0v) is 13.5. The van der Waals surface area contributed by atoms with E-state index in [0.29, 0.717) is 0 Å². The average Bonchev–Trinajstić information content (AvgIpc) is 2.54. The summed E-state index contributed by atoms with van der Waals surface area (Å²) < 4.78 is 0. The van der Waals surface area contributed by atoms with Crippen molar-refractivity contribution >= 4 is 12.1 Å². The van der Waals surface area contributed by atoms with Crippen LogP contribution < -0.4 is 4.90 Å². The van der Waals surface area contributed by atoms with Gasteiger partial charge < -0.3 is 4.90 Å². The Labute approximate surface area is 130 Å². The molecule has 0 aliphatic carbocycles. The van der Waals surface area contributed by atoms with E-state index in [4.69, 9.17) is 0 Å². The minimum Gasteiger partial charge on any atom is -0.304 e. The predicted octanol–water partition coefficient (Wildman–Crippen LogP) is 5.48. The molecule has 0 N–H and O–H groups in total. The quantitative estimate of drug-likeness (QED) is 0.347. The molecule has 0 unspecified atom stereocenters. The minimum absolute atomic E-state index is 0.782. The third-order valence-electron chi connectivity index (χ3n) is 3.91. The van der Waals surface area contributed by atoms with Gasteiger partial charge in [-0.2, -0.15) is 0 Å². The van der Waals surface area contributed by atoms with Gasteiger partial charge in [0.2, 0.25) is 0 Å². The van der Waals surface area contributed by atoms with Gasteiger partial charge in [0.15, 0.2) is 0 Å². The summed E-state index contributed by atoms with van der Waals surface area (Å²) in [4.78, 5) is 12.7. The van der Waals surface area contributed by atoms with E-state index in [1.165, 1.54) is 57.8 Å². The van der Waals surface area contributed by atoms with Crippen LogP contribution in [0.15, 0.2) is 30.3 Å². The van der Waals surface area contributed by atoms with Crippen LogP contribution in [0.3, 0.4) is 0 Å². The fraction of sp³-hybridized carbons (Fsp3) is 0.632. The van der Waals surface area contributed by atoms with E-state index in [1.807, 2.05) is 36.7 Å². The summed E-state index contributed by atoms with van der Waals surface area (Å²) in [5, 5.41) is 0. The Bertz CT molecular complexity index is 350. The average molecular weight is 288 g/mol. The van der Waals surface area contributed by atoms with Crippen LogP contribution in [0.5, 0.6) is 0 Å². The third kappa shape index (κ3) is 8.54. The number of unbranched alkanes of at least 4 members (excludes halogenated alkanes) is 9. The Hall–Kier alpha value is -1.31. The summed E-state index contributed by atoms with van der Waals surface area (Å²) in [5.41, 5.74) is 0.948. The fourth-order valence-corrected chi connectivity index (χ4v) is 2.59. The molecular weight excluding hydrogens is 258 g/mol. The van der Waals surface area contributed by atoms with Gasteiger partial charge in [-0.1, -0.05) is 82.9 Å². The summed E-state index contributed by atoms with van der Waals surface area (Å²) in [6.45, 7) is 3.04. The molecule has 1 aromatic rings. The Morgan fingerprint density at radius 3 is 1.86 bits per heavy atom. The van der Waals surface area contributed by atoms with Crippen molar-refractivity contribution in [2.45, 2.75) is 71.1 Å². The van der Waals surface area contributed by atoms with Gasteiger partial charge in [0.05, 0.1) is 0 Å². The number of benzene rings is 1. The first kappa shape index (κ1) is 17.7. The van der Waals surface area contributed by atoms with E-state index in [1.54, 1.807) is 4.90 Å². The SMILES string of the molecule is CCCCCCCCCCCCN([C]=O)c1ccccc1. The molecule has 0 saturated heterocycles. The maximum absolute atomic E-state index is 11.0. The third-order valence-corrected chi connectivity index (χ3v) is 3.91. The number of para-hydroxylation sites is 1. The molecule has 2 nitrogen and oxygen atoms in total. The molecule has 0 aliphatic rings. The number of anilines is 1. The molecule has 0 bridgehead atoms. The molecule has 0 saturated carbocycles. The zero-order chi connectivity index (χ0) is 15.2. The van der Waals surface area contributed by atoms with Crippen LogP contribution in [0.4, 0.5) is 5.69 Å². The van der Waals surface area contributed by atoms with E-state index < -0.39 is 0 Å². The molecule has 117 valence electrons. The van der Waals surface area contributed by atoms with Gasteiger partial charge in [-0.15, -0.1) is 0 Å². The summed E-state index contributed by atoms with van der Waals surface area (Å²) in [6.07, 6.45) is 15.2. The first-order valence-electron chi connectivity index (χ1n) is 8.59. The van der Waals surface area contributed by atoms with Gasteiger partial charge in [-0.3, -0.25) is 4.79 Å². The van der Waals surface area contributed by atoms with E-state index in [2.05, 4.69) is 6.92 Å². The van der Waals surface area contributed by atoms with Crippen molar-refractivity contribution in [2.24, 2.45) is 0 Å². The molecule has 1 aromatic carbocycles. The second kappa shape index (κ2) is 12.4. The first-order chi connectivity index (χ1) is 10.4. The van der Waals surface area contributed by atoms with Crippen LogP contribution in [0.25, 0.3) is 0 Å². The molecule has 0 spiro atoms. The maximum atomic E-state index is 11.0. The van der Waals surface area contributed by atoms with Crippen molar-refractivity contribution in [2.75, 3.05) is 11.4 Å². The van der Waals surface area contributed by atoms with Crippen molar-refractivity contribution in [3.63, 3.8) is 0 Å². The molecule has 0 atom stereocenters. The van der Waals surface area contributed by atoms with Crippen LogP contribution in [0, 0.1) is 0 Å². The first-order valence-corrected chi connectivity index (χ1v) is 8.59. The molecule has 1 radical (unpaired) electrons. The lowest BCUT2D eigenvalue weighted by Crippen LogP contribution is -2.22. The Kier molecular flexibility index (Phi) is 10.5. The summed E-state index contributed by atoms with van der Waals surface area (Å²) in [6, 6.07) is 9.80. The molecule has 1 amide bonds. The molecule has 0 aromatic heterocycles. The molecule has 2 heteroatoms. The molecule has 0 aliphatic heterocycles. The zero-order valence-electron chi connectivity index (χ0n) is 13.5. The number of hydrogen-bond acceptors (Lipinski definition) is 1. The Morgan fingerprint density at radius 2 is 1.33 bits per heavy atom. The van der Waals surface area contributed by atoms with Crippen molar-refractivity contribution < 1.29 is 4.79 Å². The molecule has 0 heterocycles. The standard InChI is InChI=1S/C19H30NO/c1-2-3-4-5-6-7-8-9-10-14-17-20(18-21)19-15-12-11-13-16-19/h11-13,15-16H,2-10,14,17H2,1H3.